The summed E-state index contributed by atoms with van der Waals surface area (Å²) in [6.07, 6.45) is -0.176. The van der Waals surface area contributed by atoms with Gasteiger partial charge >= 0.3 is 0 Å². The molecule has 3 unspecified atom stereocenters. The van der Waals surface area contributed by atoms with Crippen LogP contribution >= 0.6 is 12.4 Å². The molecule has 0 radical (unpaired) electrons. The van der Waals surface area contributed by atoms with Crippen molar-refractivity contribution in [1.82, 2.24) is 15.5 Å². The molecule has 2 aliphatic heterocycles. The summed E-state index contributed by atoms with van der Waals surface area (Å²) in [4.78, 5) is 26.2. The number of β-amino-alcohol motifs (C(OH)–C–C–N with tert-alkyl or cyclic N) is 1. The molecule has 1 aromatic carbocycles. The van der Waals surface area contributed by atoms with Crippen LogP contribution in [0.5, 0.6) is 5.75 Å². The molecule has 2 saturated heterocycles. The Morgan fingerprint density at radius 1 is 1.35 bits per heavy atom. The van der Waals surface area contributed by atoms with Crippen LogP contribution in [0, 0.1) is 11.8 Å². The van der Waals surface area contributed by atoms with Crippen LogP contribution in [0.25, 0.3) is 0 Å². The van der Waals surface area contributed by atoms with Gasteiger partial charge in [0, 0.05) is 45.1 Å². The normalized spacial score (nSPS) is 25.1. The minimum Gasteiger partial charge on any atom is -0.497 e. The molecule has 3 N–H and O–H groups in total. The number of methoxy groups -OCH3 is 1. The van der Waals surface area contributed by atoms with Gasteiger partial charge in [0.25, 0.3) is 0 Å². The fourth-order valence-corrected chi connectivity index (χ4v) is 3.36. The van der Waals surface area contributed by atoms with Crippen LogP contribution in [-0.4, -0.2) is 61.2 Å². The molecule has 2 fully saturated rings. The molecule has 1 aromatic rings. The molecule has 8 heteroatoms. The van der Waals surface area contributed by atoms with Gasteiger partial charge in [0.15, 0.2) is 0 Å². The minimum atomic E-state index is -0.419. The number of hydrogen-bond acceptors (Lipinski definition) is 5. The highest BCUT2D eigenvalue weighted by molar-refractivity contribution is 5.89. The first-order chi connectivity index (χ1) is 12.1. The van der Waals surface area contributed by atoms with E-state index in [1.807, 2.05) is 24.3 Å². The molecule has 26 heavy (non-hydrogen) atoms. The molecule has 3 atom stereocenters. The third-order valence-corrected chi connectivity index (χ3v) is 4.96. The van der Waals surface area contributed by atoms with Crippen molar-refractivity contribution >= 4 is 24.2 Å². The first kappa shape index (κ1) is 20.5. The zero-order valence-electron chi connectivity index (χ0n) is 14.8. The van der Waals surface area contributed by atoms with E-state index < -0.39 is 6.10 Å². The number of ether oxygens (including phenoxy) is 1. The summed E-state index contributed by atoms with van der Waals surface area (Å²) in [5.74, 6) is 0.384. The number of hydrogen-bond donors (Lipinski definition) is 3. The zero-order valence-corrected chi connectivity index (χ0v) is 15.6. The summed E-state index contributed by atoms with van der Waals surface area (Å²) in [5, 5.41) is 15.7. The lowest BCUT2D eigenvalue weighted by Crippen LogP contribution is -2.38. The van der Waals surface area contributed by atoms with E-state index >= 15 is 0 Å². The van der Waals surface area contributed by atoms with Gasteiger partial charge in [0.2, 0.25) is 11.8 Å². The molecule has 7 nitrogen and oxygen atoms in total. The summed E-state index contributed by atoms with van der Waals surface area (Å²) in [6, 6.07) is 7.57. The predicted octanol–water partition coefficient (Wildman–Crippen LogP) is 0.162. The Morgan fingerprint density at radius 2 is 2.08 bits per heavy atom. The van der Waals surface area contributed by atoms with Gasteiger partial charge in [0.05, 0.1) is 19.1 Å². The zero-order chi connectivity index (χ0) is 17.8. The summed E-state index contributed by atoms with van der Waals surface area (Å²) in [5.41, 5.74) is 1.01. The number of nitrogens with one attached hydrogen (secondary N) is 2. The highest BCUT2D eigenvalue weighted by atomic mass is 35.5. The van der Waals surface area contributed by atoms with E-state index in [-0.39, 0.29) is 42.5 Å². The summed E-state index contributed by atoms with van der Waals surface area (Å²) in [7, 11) is 1.61. The number of aliphatic hydroxyl groups is 1. The molecule has 3 rings (SSSR count). The average Bonchev–Trinajstić information content (AvgIpc) is 3.19. The number of benzene rings is 1. The van der Waals surface area contributed by atoms with Crippen molar-refractivity contribution < 1.29 is 19.4 Å². The smallest absolute Gasteiger partial charge is 0.225 e. The van der Waals surface area contributed by atoms with Crippen molar-refractivity contribution in [3.8, 4) is 5.75 Å². The average molecular weight is 384 g/mol. The fourth-order valence-electron chi connectivity index (χ4n) is 3.36. The van der Waals surface area contributed by atoms with E-state index in [0.717, 1.165) is 11.3 Å². The van der Waals surface area contributed by atoms with Gasteiger partial charge in [0.1, 0.15) is 5.75 Å². The van der Waals surface area contributed by atoms with E-state index in [0.29, 0.717) is 32.7 Å². The lowest BCUT2D eigenvalue weighted by atomic mass is 10.0. The molecule has 0 saturated carbocycles. The number of nitrogens with zero attached hydrogens (tertiary/aromatic N) is 1. The maximum atomic E-state index is 12.3. The quantitative estimate of drug-likeness (QED) is 0.651. The largest absolute Gasteiger partial charge is 0.497 e. The Morgan fingerprint density at radius 3 is 2.69 bits per heavy atom. The highest BCUT2D eigenvalue weighted by Crippen LogP contribution is 2.21. The van der Waals surface area contributed by atoms with Gasteiger partial charge < -0.3 is 25.4 Å². The van der Waals surface area contributed by atoms with Crippen LogP contribution in [0.1, 0.15) is 12.0 Å². The van der Waals surface area contributed by atoms with Gasteiger partial charge in [-0.2, -0.15) is 0 Å². The molecule has 0 spiro atoms. The van der Waals surface area contributed by atoms with Crippen LogP contribution in [0.3, 0.4) is 0 Å². The maximum Gasteiger partial charge on any atom is 0.225 e. The molecule has 144 valence electrons. The number of halogens is 1. The Balaban J connectivity index is 0.00000243. The molecule has 0 aliphatic carbocycles. The number of carbonyl (C=O) groups is 2. The van der Waals surface area contributed by atoms with E-state index in [9.17, 15) is 14.7 Å². The third kappa shape index (κ3) is 4.87. The SMILES string of the molecule is COc1ccc(CN2CC(C(=O)NCC3CNCC3O)CC2=O)cc1.Cl. The van der Waals surface area contributed by atoms with Crippen LogP contribution < -0.4 is 15.4 Å². The summed E-state index contributed by atoms with van der Waals surface area (Å²) >= 11 is 0. The summed E-state index contributed by atoms with van der Waals surface area (Å²) in [6.45, 7) is 2.64. The fraction of sp³-hybridized carbons (Fsp3) is 0.556. The van der Waals surface area contributed by atoms with Crippen molar-refractivity contribution in [2.75, 3.05) is 33.3 Å². The molecule has 2 heterocycles. The number of likely N-dealkylation sites (tertiary alicyclic amines) is 1. The van der Waals surface area contributed by atoms with E-state index in [1.165, 1.54) is 0 Å². The number of amides is 2. The number of aliphatic hydroxyl groups excluding tert-OH is 1. The molecule has 2 amide bonds. The lowest BCUT2D eigenvalue weighted by molar-refractivity contribution is -0.129. The topological polar surface area (TPSA) is 90.9 Å². The number of carbonyl (C=O) groups excluding carboxylic acids is 2. The van der Waals surface area contributed by atoms with Gasteiger partial charge in [-0.05, 0) is 17.7 Å². The van der Waals surface area contributed by atoms with E-state index in [4.69, 9.17) is 4.74 Å². The van der Waals surface area contributed by atoms with Crippen LogP contribution in [0.4, 0.5) is 0 Å². The molecule has 2 aliphatic rings. The maximum absolute atomic E-state index is 12.3. The van der Waals surface area contributed by atoms with Crippen molar-refractivity contribution in [1.29, 1.82) is 0 Å². The Kier molecular flexibility index (Phi) is 7.25. The van der Waals surface area contributed by atoms with Gasteiger partial charge in [-0.3, -0.25) is 9.59 Å². The van der Waals surface area contributed by atoms with E-state index in [1.54, 1.807) is 12.0 Å². The lowest BCUT2D eigenvalue weighted by Gasteiger charge is -2.18. The van der Waals surface area contributed by atoms with Crippen LogP contribution in [0.15, 0.2) is 24.3 Å². The minimum absolute atomic E-state index is 0. The van der Waals surface area contributed by atoms with Crippen molar-refractivity contribution in [2.24, 2.45) is 11.8 Å². The van der Waals surface area contributed by atoms with Gasteiger partial charge in [-0.25, -0.2) is 0 Å². The third-order valence-electron chi connectivity index (χ3n) is 4.96. The molecule has 0 aromatic heterocycles. The highest BCUT2D eigenvalue weighted by Gasteiger charge is 2.35. The first-order valence-corrected chi connectivity index (χ1v) is 8.64. The summed E-state index contributed by atoms with van der Waals surface area (Å²) < 4.78 is 5.13. The van der Waals surface area contributed by atoms with Crippen LogP contribution in [-0.2, 0) is 16.1 Å². The second kappa shape index (κ2) is 9.21. The predicted molar refractivity (Wildman–Crippen MR) is 99.1 cm³/mol. The standard InChI is InChI=1S/C18H25N3O4.ClH/c1-25-15-4-2-12(3-5-15)10-21-11-13(6-17(21)23)18(24)20-8-14-7-19-9-16(14)22;/h2-5,13-14,16,19,22H,6-11H2,1H3,(H,20,24);1H. The Bertz CT molecular complexity index is 625. The van der Waals surface area contributed by atoms with Crippen molar-refractivity contribution in [3.63, 3.8) is 0 Å². The second-order valence-electron chi connectivity index (χ2n) is 6.75. The van der Waals surface area contributed by atoms with Gasteiger partial charge in [-0.1, -0.05) is 12.1 Å². The van der Waals surface area contributed by atoms with Gasteiger partial charge in [-0.15, -0.1) is 12.4 Å². The van der Waals surface area contributed by atoms with Crippen molar-refractivity contribution in [2.45, 2.75) is 19.1 Å². The molecular formula is C18H26ClN3O4. The Labute approximate surface area is 159 Å². The Hall–Kier alpha value is -1.83. The second-order valence-corrected chi connectivity index (χ2v) is 6.75. The first-order valence-electron chi connectivity index (χ1n) is 8.64. The molecule has 0 bridgehead atoms. The van der Waals surface area contributed by atoms with Crippen molar-refractivity contribution in [3.05, 3.63) is 29.8 Å². The molecular weight excluding hydrogens is 358 g/mol. The van der Waals surface area contributed by atoms with Crippen LogP contribution in [0.2, 0.25) is 0 Å². The monoisotopic (exact) mass is 383 g/mol. The number of rotatable bonds is 6. The van der Waals surface area contributed by atoms with E-state index in [2.05, 4.69) is 10.6 Å².